The molecule has 0 fully saturated rings. The van der Waals surface area contributed by atoms with Gasteiger partial charge < -0.3 is 37.8 Å². The van der Waals surface area contributed by atoms with E-state index >= 15 is 0 Å². The van der Waals surface area contributed by atoms with E-state index < -0.39 is 0 Å². The van der Waals surface area contributed by atoms with Crippen molar-refractivity contribution in [3.8, 4) is 0 Å². The number of aryl methyl sites for hydroxylation is 2. The minimum Gasteiger partial charge on any atom is -0.370 e. The normalized spacial score (nSPS) is 8.59. The van der Waals surface area contributed by atoms with Crippen LogP contribution in [0, 0.1) is 0 Å². The molecular weight excluding hydrogens is 528 g/mol. The number of fused-ring (bicyclic) bond motifs is 2. The van der Waals surface area contributed by atoms with E-state index in [1.54, 1.807) is 0 Å². The first kappa shape index (κ1) is 40.7. The molecule has 2 amide bonds. The number of carbonyl (C=O) groups is 2. The summed E-state index contributed by atoms with van der Waals surface area (Å²) in [5.74, 6) is 3.18. The summed E-state index contributed by atoms with van der Waals surface area (Å²) in [6.45, 7) is 2.56. The van der Waals surface area contributed by atoms with Gasteiger partial charge in [0.2, 0.25) is 11.8 Å². The van der Waals surface area contributed by atoms with Crippen LogP contribution in [0.3, 0.4) is 0 Å². The highest BCUT2D eigenvalue weighted by Gasteiger charge is 1.93. The van der Waals surface area contributed by atoms with Crippen LogP contribution in [0.15, 0.2) is 83.0 Å². The van der Waals surface area contributed by atoms with E-state index in [4.69, 9.17) is 22.9 Å². The molecule has 0 aliphatic rings. The van der Waals surface area contributed by atoms with Crippen LogP contribution < -0.4 is 34.6 Å². The van der Waals surface area contributed by atoms with Gasteiger partial charge in [-0.05, 0) is 42.1 Å². The van der Waals surface area contributed by atoms with Crippen LogP contribution in [0.4, 0.5) is 0 Å². The van der Waals surface area contributed by atoms with Gasteiger partial charge in [0.05, 0.1) is 7.11 Å². The molecule has 0 aliphatic carbocycles. The Hall–Kier alpha value is -4.76. The van der Waals surface area contributed by atoms with E-state index in [9.17, 15) is 9.59 Å². The fourth-order valence-corrected chi connectivity index (χ4v) is 2.81. The van der Waals surface area contributed by atoms with Crippen LogP contribution in [-0.2, 0) is 33.6 Å². The van der Waals surface area contributed by atoms with Gasteiger partial charge in [-0.1, -0.05) is 43.8 Å². The lowest BCUT2D eigenvalue weighted by molar-refractivity contribution is -0.277. The predicted molar refractivity (Wildman–Crippen MR) is 168 cm³/mol. The summed E-state index contributed by atoms with van der Waals surface area (Å²) in [6, 6.07) is 21.0. The van der Waals surface area contributed by atoms with Gasteiger partial charge in [0.1, 0.15) is 0 Å². The molecule has 0 radical (unpaired) electrons. The average molecular weight is 575 g/mol. The van der Waals surface area contributed by atoms with E-state index in [0.29, 0.717) is 0 Å². The predicted octanol–water partition coefficient (Wildman–Crippen LogP) is 1.62. The number of guanidine groups is 2. The third-order valence-electron chi connectivity index (χ3n) is 4.26. The molecule has 2 aromatic carbocycles. The summed E-state index contributed by atoms with van der Waals surface area (Å²) >= 11 is 0. The van der Waals surface area contributed by atoms with Gasteiger partial charge in [-0.2, -0.15) is 15.9 Å². The third kappa shape index (κ3) is 19.9. The first-order valence-corrected chi connectivity index (χ1v) is 11.6. The zero-order chi connectivity index (χ0) is 31.1. The van der Waals surface area contributed by atoms with Gasteiger partial charge in [-0.3, -0.25) is 9.59 Å². The van der Waals surface area contributed by atoms with Gasteiger partial charge in [0.25, 0.3) is 0 Å². The van der Waals surface area contributed by atoms with Crippen molar-refractivity contribution in [2.75, 3.05) is 14.2 Å². The van der Waals surface area contributed by atoms with Crippen molar-refractivity contribution in [1.29, 1.82) is 0 Å². The van der Waals surface area contributed by atoms with Crippen molar-refractivity contribution in [2.24, 2.45) is 58.6 Å². The molecule has 2 heterocycles. The minimum absolute atomic E-state index is 0. The van der Waals surface area contributed by atoms with Crippen molar-refractivity contribution in [3.05, 3.63) is 73.1 Å². The summed E-state index contributed by atoms with van der Waals surface area (Å²) in [5, 5.41) is 2.62. The molecule has 4 rings (SSSR count). The lowest BCUT2D eigenvalue weighted by Crippen LogP contribution is -2.23. The Kier molecular flexibility index (Phi) is 24.1. The lowest BCUT2D eigenvalue weighted by Gasteiger charge is -1.92. The van der Waals surface area contributed by atoms with Crippen LogP contribution in [-0.4, -0.2) is 47.0 Å². The maximum Gasteiger partial charge on any atom is 0.245 e. The Balaban J connectivity index is -0.000000444. The zero-order valence-corrected chi connectivity index (χ0v) is 23.8. The molecular formula is C27H46N10O4. The molecule has 0 spiro atoms. The number of rotatable bonds is 1. The molecule has 4 aromatic rings. The van der Waals surface area contributed by atoms with Gasteiger partial charge in [0.15, 0.2) is 11.9 Å². The number of aliphatic imine (C=N–C) groups is 2. The summed E-state index contributed by atoms with van der Waals surface area (Å²) < 4.78 is 4.24. The summed E-state index contributed by atoms with van der Waals surface area (Å²) in [6.07, 6.45) is 4.15. The number of para-hydroxylation sites is 2. The fourth-order valence-electron chi connectivity index (χ4n) is 2.81. The van der Waals surface area contributed by atoms with Crippen molar-refractivity contribution in [1.82, 2.24) is 9.13 Å². The van der Waals surface area contributed by atoms with Gasteiger partial charge >= 0.3 is 0 Å². The first-order valence-electron chi connectivity index (χ1n) is 11.6. The smallest absolute Gasteiger partial charge is 0.245 e. The molecule has 12 N–H and O–H groups in total. The topological polar surface area (TPSA) is 243 Å². The Morgan fingerprint density at radius 1 is 0.683 bits per heavy atom. The van der Waals surface area contributed by atoms with Gasteiger partial charge in [-0.15, -0.1) is 4.99 Å². The number of carbonyl (C=O) groups excluding carboxylic acids is 2. The molecule has 0 bridgehead atoms. The average Bonchev–Trinajstić information content (AvgIpc) is 3.48. The van der Waals surface area contributed by atoms with Crippen molar-refractivity contribution in [2.45, 2.75) is 21.3 Å². The van der Waals surface area contributed by atoms with E-state index in [1.807, 2.05) is 0 Å². The standard InChI is InChI=1S/2C9H9N.2C3H7N3O.CH5NO2.CH5N.CH4/c2*1-10-7-6-8-4-2-3-5-9(8)10;2*1-2(7)6-3(4)5;1-3-4-2;1-2;/h2*2-7H,1H3;2*1H3,(H4,4,5,6,7);2H2,1H3;2H2,1H3;1H4. The molecule has 0 saturated heterocycles. The van der Waals surface area contributed by atoms with Crippen LogP contribution in [0.1, 0.15) is 21.3 Å². The van der Waals surface area contributed by atoms with Crippen molar-refractivity contribution >= 4 is 45.5 Å². The van der Waals surface area contributed by atoms with Crippen molar-refractivity contribution < 1.29 is 19.5 Å². The lowest BCUT2D eigenvalue weighted by atomic mass is 10.2. The Morgan fingerprint density at radius 2 is 0.976 bits per heavy atom. The Labute approximate surface area is 241 Å². The number of benzene rings is 2. The summed E-state index contributed by atoms with van der Waals surface area (Å²) in [5.41, 5.74) is 26.3. The number of aromatic nitrogens is 2. The van der Waals surface area contributed by atoms with E-state index in [0.717, 1.165) is 0 Å². The summed E-state index contributed by atoms with van der Waals surface area (Å²) in [4.78, 5) is 33.4. The van der Waals surface area contributed by atoms with E-state index in [1.165, 1.54) is 49.8 Å². The fraction of sp³-hybridized carbons (Fsp3) is 0.259. The molecule has 0 aliphatic heterocycles. The Bertz CT molecular complexity index is 1220. The van der Waals surface area contributed by atoms with Crippen LogP contribution in [0.2, 0.25) is 0 Å². The second-order valence-electron chi connectivity index (χ2n) is 7.35. The Morgan fingerprint density at radius 3 is 1.17 bits per heavy atom. The molecule has 0 atom stereocenters. The zero-order valence-electron chi connectivity index (χ0n) is 23.8. The molecule has 41 heavy (non-hydrogen) atoms. The maximum atomic E-state index is 9.91. The van der Waals surface area contributed by atoms with Crippen molar-refractivity contribution in [3.63, 3.8) is 0 Å². The SMILES string of the molecule is C.CC(=O)N=C(N)N.CC(=O)N=C(N)N.CN.COON.Cn1ccc2ccccc21.Cn1ccc2ccccc21. The number of hydrogen-bond donors (Lipinski definition) is 6. The number of nitrogens with two attached hydrogens (primary N) is 6. The third-order valence-corrected chi connectivity index (χ3v) is 4.26. The monoisotopic (exact) mass is 574 g/mol. The van der Waals surface area contributed by atoms with Crippen LogP contribution in [0.25, 0.3) is 21.8 Å². The molecule has 228 valence electrons. The number of amides is 2. The first-order chi connectivity index (χ1) is 18.9. The highest BCUT2D eigenvalue weighted by molar-refractivity contribution is 5.90. The second-order valence-corrected chi connectivity index (χ2v) is 7.35. The summed E-state index contributed by atoms with van der Waals surface area (Å²) in [7, 11) is 6.95. The molecule has 0 saturated carbocycles. The number of nitrogens with zero attached hydrogens (tertiary/aromatic N) is 4. The maximum absolute atomic E-state index is 9.91. The quantitative estimate of drug-likeness (QED) is 0.0829. The molecule has 14 nitrogen and oxygen atoms in total. The minimum atomic E-state index is -0.375. The highest BCUT2D eigenvalue weighted by Crippen LogP contribution is 2.13. The number of hydrogen-bond acceptors (Lipinski definition) is 6. The van der Waals surface area contributed by atoms with E-state index in [-0.39, 0.29) is 31.2 Å². The van der Waals surface area contributed by atoms with Gasteiger partial charge in [0, 0.05) is 51.4 Å². The second kappa shape index (κ2) is 24.3. The van der Waals surface area contributed by atoms with Crippen LogP contribution in [0.5, 0.6) is 0 Å². The van der Waals surface area contributed by atoms with Crippen LogP contribution >= 0.6 is 0 Å². The van der Waals surface area contributed by atoms with E-state index in [2.05, 4.69) is 128 Å². The molecule has 2 aromatic heterocycles. The largest absolute Gasteiger partial charge is 0.370 e. The molecule has 0 unspecified atom stereocenters. The molecule has 14 heteroatoms. The highest BCUT2D eigenvalue weighted by atomic mass is 17.3. The van der Waals surface area contributed by atoms with Gasteiger partial charge in [-0.25, -0.2) is 4.89 Å².